The van der Waals surface area contributed by atoms with E-state index in [1.807, 2.05) is 54.6 Å². The summed E-state index contributed by atoms with van der Waals surface area (Å²) in [6.07, 6.45) is 2.25. The molecule has 0 saturated heterocycles. The van der Waals surface area contributed by atoms with Gasteiger partial charge < -0.3 is 10.1 Å². The zero-order valence-electron chi connectivity index (χ0n) is 16.2. The topological polar surface area (TPSA) is 62.1 Å². The molecule has 0 bridgehead atoms. The van der Waals surface area contributed by atoms with Crippen LogP contribution in [0, 0.1) is 11.3 Å². The first-order valence-corrected chi connectivity index (χ1v) is 10.7. The second-order valence-corrected chi connectivity index (χ2v) is 8.24. The molecule has 0 heterocycles. The monoisotopic (exact) mass is 524 g/mol. The lowest BCUT2D eigenvalue weighted by molar-refractivity contribution is -0.112. The summed E-state index contributed by atoms with van der Waals surface area (Å²) in [5, 5.41) is 12.2. The van der Waals surface area contributed by atoms with Crippen molar-refractivity contribution in [3.8, 4) is 11.8 Å². The van der Waals surface area contributed by atoms with Crippen molar-refractivity contribution >= 4 is 49.5 Å². The number of benzene rings is 3. The maximum atomic E-state index is 12.5. The summed E-state index contributed by atoms with van der Waals surface area (Å²) in [5.74, 6) is 0.237. The smallest absolute Gasteiger partial charge is 0.266 e. The van der Waals surface area contributed by atoms with Crippen molar-refractivity contribution in [2.75, 3.05) is 12.4 Å². The average Bonchev–Trinajstić information content (AvgIpc) is 2.76. The third-order valence-corrected chi connectivity index (χ3v) is 5.73. The van der Waals surface area contributed by atoms with Gasteiger partial charge in [0.1, 0.15) is 17.4 Å². The van der Waals surface area contributed by atoms with E-state index in [0.29, 0.717) is 23.4 Å². The van der Waals surface area contributed by atoms with Gasteiger partial charge in [0.25, 0.3) is 5.91 Å². The second-order valence-electron chi connectivity index (χ2n) is 6.47. The summed E-state index contributed by atoms with van der Waals surface area (Å²) in [4.78, 5) is 12.5. The minimum Gasteiger partial charge on any atom is -0.496 e. The number of hydrogen-bond acceptors (Lipinski definition) is 3. The number of carbonyl (C=O) groups excluding carboxylic acids is 1. The standard InChI is InChI=1S/C24H18Br2N2O2/c1-30-23-13-16(6-7-18(23)14-17-4-2-3-5-22(17)26)12-19(15-27)24(29)28-21-10-8-20(25)9-11-21/h2-13H,14H2,1H3,(H,28,29)/b19-12+. The Morgan fingerprint density at radius 1 is 1.07 bits per heavy atom. The molecule has 30 heavy (non-hydrogen) atoms. The molecule has 3 aromatic carbocycles. The van der Waals surface area contributed by atoms with Gasteiger partial charge in [-0.3, -0.25) is 4.79 Å². The lowest BCUT2D eigenvalue weighted by Crippen LogP contribution is -2.13. The van der Waals surface area contributed by atoms with Crippen LogP contribution in [-0.2, 0) is 11.2 Å². The molecule has 3 aromatic rings. The van der Waals surface area contributed by atoms with E-state index in [0.717, 1.165) is 20.1 Å². The van der Waals surface area contributed by atoms with Gasteiger partial charge in [-0.15, -0.1) is 0 Å². The van der Waals surface area contributed by atoms with Crippen LogP contribution in [-0.4, -0.2) is 13.0 Å². The fourth-order valence-electron chi connectivity index (χ4n) is 2.89. The zero-order chi connectivity index (χ0) is 21.5. The van der Waals surface area contributed by atoms with Crippen molar-refractivity contribution < 1.29 is 9.53 Å². The number of methoxy groups -OCH3 is 1. The van der Waals surface area contributed by atoms with Gasteiger partial charge >= 0.3 is 0 Å². The summed E-state index contributed by atoms with van der Waals surface area (Å²) in [6, 6.07) is 22.8. The van der Waals surface area contributed by atoms with E-state index in [4.69, 9.17) is 4.74 Å². The van der Waals surface area contributed by atoms with Crippen LogP contribution in [0.1, 0.15) is 16.7 Å². The van der Waals surface area contributed by atoms with Crippen molar-refractivity contribution in [3.05, 3.63) is 97.9 Å². The fourth-order valence-corrected chi connectivity index (χ4v) is 3.58. The number of ether oxygens (including phenoxy) is 1. The molecule has 0 atom stereocenters. The Bertz CT molecular complexity index is 1130. The Morgan fingerprint density at radius 2 is 1.80 bits per heavy atom. The lowest BCUT2D eigenvalue weighted by Gasteiger charge is -2.11. The Labute approximate surface area is 192 Å². The Hall–Kier alpha value is -2.88. The van der Waals surface area contributed by atoms with Crippen molar-refractivity contribution in [1.82, 2.24) is 0 Å². The Kier molecular flexibility index (Phi) is 7.45. The Morgan fingerprint density at radius 3 is 2.47 bits per heavy atom. The van der Waals surface area contributed by atoms with Crippen LogP contribution in [0.5, 0.6) is 5.75 Å². The molecule has 1 amide bonds. The van der Waals surface area contributed by atoms with Crippen LogP contribution in [0.4, 0.5) is 5.69 Å². The van der Waals surface area contributed by atoms with Crippen LogP contribution < -0.4 is 10.1 Å². The van der Waals surface area contributed by atoms with E-state index in [1.54, 1.807) is 25.3 Å². The highest BCUT2D eigenvalue weighted by atomic mass is 79.9. The normalized spacial score (nSPS) is 10.9. The summed E-state index contributed by atoms with van der Waals surface area (Å²) in [7, 11) is 1.61. The van der Waals surface area contributed by atoms with Crippen LogP contribution >= 0.6 is 31.9 Å². The molecule has 0 aromatic heterocycles. The first-order valence-electron chi connectivity index (χ1n) is 9.09. The largest absolute Gasteiger partial charge is 0.496 e. The number of halogens is 2. The molecule has 150 valence electrons. The van der Waals surface area contributed by atoms with Crippen LogP contribution in [0.2, 0.25) is 0 Å². The van der Waals surface area contributed by atoms with Crippen molar-refractivity contribution in [2.24, 2.45) is 0 Å². The molecule has 0 radical (unpaired) electrons. The molecule has 0 unspecified atom stereocenters. The quantitative estimate of drug-likeness (QED) is 0.301. The summed E-state index contributed by atoms with van der Waals surface area (Å²) in [5.41, 5.74) is 3.50. The minimum atomic E-state index is -0.462. The molecule has 0 saturated carbocycles. The zero-order valence-corrected chi connectivity index (χ0v) is 19.3. The number of anilines is 1. The van der Waals surface area contributed by atoms with Gasteiger partial charge in [-0.25, -0.2) is 0 Å². The van der Waals surface area contributed by atoms with Gasteiger partial charge in [0.2, 0.25) is 0 Å². The van der Waals surface area contributed by atoms with Crippen LogP contribution in [0.25, 0.3) is 6.08 Å². The highest BCUT2D eigenvalue weighted by Crippen LogP contribution is 2.27. The maximum Gasteiger partial charge on any atom is 0.266 e. The third-order valence-electron chi connectivity index (χ3n) is 4.43. The first-order chi connectivity index (χ1) is 14.5. The van der Waals surface area contributed by atoms with Gasteiger partial charge in [-0.1, -0.05) is 62.2 Å². The van der Waals surface area contributed by atoms with Gasteiger partial charge in [0.05, 0.1) is 7.11 Å². The highest BCUT2D eigenvalue weighted by Gasteiger charge is 2.12. The van der Waals surface area contributed by atoms with Crippen molar-refractivity contribution in [3.63, 3.8) is 0 Å². The molecular formula is C24H18Br2N2O2. The van der Waals surface area contributed by atoms with E-state index < -0.39 is 5.91 Å². The average molecular weight is 526 g/mol. The fraction of sp³-hybridized carbons (Fsp3) is 0.0833. The number of amides is 1. The number of hydrogen-bond donors (Lipinski definition) is 1. The molecule has 6 heteroatoms. The number of nitrogens with one attached hydrogen (secondary N) is 1. The molecule has 4 nitrogen and oxygen atoms in total. The summed E-state index contributed by atoms with van der Waals surface area (Å²) in [6.45, 7) is 0. The SMILES string of the molecule is COc1cc(/C=C(\C#N)C(=O)Nc2ccc(Br)cc2)ccc1Cc1ccccc1Br. The van der Waals surface area contributed by atoms with Crippen molar-refractivity contribution in [2.45, 2.75) is 6.42 Å². The summed E-state index contributed by atoms with van der Waals surface area (Å²) < 4.78 is 7.49. The minimum absolute atomic E-state index is 0.0125. The van der Waals surface area contributed by atoms with Gasteiger partial charge in [0.15, 0.2) is 0 Å². The maximum absolute atomic E-state index is 12.5. The molecular weight excluding hydrogens is 508 g/mol. The van der Waals surface area contributed by atoms with Gasteiger partial charge in [0, 0.05) is 21.1 Å². The van der Waals surface area contributed by atoms with E-state index in [-0.39, 0.29) is 5.57 Å². The molecule has 0 fully saturated rings. The highest BCUT2D eigenvalue weighted by molar-refractivity contribution is 9.10. The number of rotatable bonds is 6. The Balaban J connectivity index is 1.82. The molecule has 1 N–H and O–H groups in total. The third kappa shape index (κ3) is 5.59. The molecule has 0 aliphatic rings. The predicted molar refractivity (Wildman–Crippen MR) is 126 cm³/mol. The molecule has 0 aliphatic heterocycles. The molecule has 3 rings (SSSR count). The molecule has 0 spiro atoms. The van der Waals surface area contributed by atoms with E-state index in [2.05, 4.69) is 43.2 Å². The first kappa shape index (κ1) is 21.8. The summed E-state index contributed by atoms with van der Waals surface area (Å²) >= 11 is 6.92. The number of nitrogens with zero attached hydrogens (tertiary/aromatic N) is 1. The van der Waals surface area contributed by atoms with Gasteiger partial charge in [-0.05, 0) is 59.2 Å². The predicted octanol–water partition coefficient (Wildman–Crippen LogP) is 6.36. The number of carbonyl (C=O) groups is 1. The molecule has 0 aliphatic carbocycles. The lowest BCUT2D eigenvalue weighted by atomic mass is 10.0. The van der Waals surface area contributed by atoms with E-state index in [1.165, 1.54) is 0 Å². The van der Waals surface area contributed by atoms with Gasteiger partial charge in [-0.2, -0.15) is 5.26 Å². The van der Waals surface area contributed by atoms with Crippen molar-refractivity contribution in [1.29, 1.82) is 5.26 Å². The van der Waals surface area contributed by atoms with E-state index in [9.17, 15) is 10.1 Å². The second kappa shape index (κ2) is 10.2. The van der Waals surface area contributed by atoms with E-state index >= 15 is 0 Å². The number of nitriles is 1. The van der Waals surface area contributed by atoms with Crippen LogP contribution in [0.15, 0.2) is 81.2 Å². The van der Waals surface area contributed by atoms with Crippen LogP contribution in [0.3, 0.4) is 0 Å².